The van der Waals surface area contributed by atoms with Crippen LogP contribution >= 0.6 is 23.2 Å². The average molecular weight is 563 g/mol. The second-order valence-corrected chi connectivity index (χ2v) is 10.6. The van der Waals surface area contributed by atoms with Crippen molar-refractivity contribution < 1.29 is 15.0 Å². The summed E-state index contributed by atoms with van der Waals surface area (Å²) < 4.78 is 1.72. The van der Waals surface area contributed by atoms with E-state index in [2.05, 4.69) is 37.4 Å². The maximum Gasteiger partial charge on any atom is 0.229 e. The van der Waals surface area contributed by atoms with Crippen LogP contribution in [0.5, 0.6) is 0 Å². The molecule has 0 spiro atoms. The number of anilines is 1. The Labute approximate surface area is 234 Å². The third-order valence-electron chi connectivity index (χ3n) is 7.60. The highest BCUT2D eigenvalue weighted by Gasteiger charge is 2.75. The van der Waals surface area contributed by atoms with Gasteiger partial charge in [-0.1, -0.05) is 53.4 Å². The van der Waals surface area contributed by atoms with Crippen LogP contribution in [-0.2, 0) is 11.3 Å². The fraction of sp³-hybridized carbons (Fsp3) is 0.286. The third kappa shape index (κ3) is 4.30. The summed E-state index contributed by atoms with van der Waals surface area (Å²) in [5.74, 6) is 6.13. The molecule has 2 fully saturated rings. The van der Waals surface area contributed by atoms with E-state index in [1.807, 2.05) is 30.3 Å². The first-order valence-electron chi connectivity index (χ1n) is 12.4. The Kier molecular flexibility index (Phi) is 6.44. The van der Waals surface area contributed by atoms with E-state index in [9.17, 15) is 15.0 Å². The number of benzene rings is 2. The van der Waals surface area contributed by atoms with E-state index in [1.54, 1.807) is 29.1 Å². The molecule has 11 heteroatoms. The molecule has 1 amide bonds. The number of aliphatic hydroxyl groups is 2. The Morgan fingerprint density at radius 3 is 2.74 bits per heavy atom. The maximum absolute atomic E-state index is 12.6. The lowest BCUT2D eigenvalue weighted by molar-refractivity contribution is -0.132. The van der Waals surface area contributed by atoms with Gasteiger partial charge in [-0.3, -0.25) is 4.79 Å². The van der Waals surface area contributed by atoms with E-state index in [-0.39, 0.29) is 17.6 Å². The second kappa shape index (κ2) is 9.81. The molecule has 2 heterocycles. The molecule has 2 aliphatic rings. The molecule has 4 aromatic rings. The van der Waals surface area contributed by atoms with E-state index in [0.29, 0.717) is 45.6 Å². The number of halogens is 2. The minimum absolute atomic E-state index is 0.221. The van der Waals surface area contributed by atoms with Crippen molar-refractivity contribution in [3.8, 4) is 11.8 Å². The summed E-state index contributed by atoms with van der Waals surface area (Å²) in [6, 6.07) is 14.1. The summed E-state index contributed by atoms with van der Waals surface area (Å²) in [4.78, 5) is 26.5. The Balaban J connectivity index is 1.42. The van der Waals surface area contributed by atoms with Crippen molar-refractivity contribution in [3.63, 3.8) is 0 Å². The molecule has 0 aliphatic heterocycles. The van der Waals surface area contributed by atoms with E-state index in [1.165, 1.54) is 7.05 Å². The van der Waals surface area contributed by atoms with Gasteiger partial charge in [-0.2, -0.15) is 0 Å². The van der Waals surface area contributed by atoms with Crippen molar-refractivity contribution in [3.05, 3.63) is 81.9 Å². The number of carbonyl (C=O) groups is 1. The predicted molar refractivity (Wildman–Crippen MR) is 147 cm³/mol. The molecule has 9 nitrogen and oxygen atoms in total. The molecular formula is C28H24Cl2N6O3. The number of amides is 1. The number of imidazole rings is 1. The minimum Gasteiger partial charge on any atom is -0.389 e. The van der Waals surface area contributed by atoms with Crippen LogP contribution in [0.25, 0.3) is 11.2 Å². The monoisotopic (exact) mass is 562 g/mol. The van der Waals surface area contributed by atoms with Gasteiger partial charge in [0.25, 0.3) is 0 Å². The predicted octanol–water partition coefficient (Wildman–Crippen LogP) is 3.17. The normalized spacial score (nSPS) is 25.1. The van der Waals surface area contributed by atoms with Gasteiger partial charge >= 0.3 is 0 Å². The molecule has 2 aromatic heterocycles. The number of aliphatic hydroxyl groups excluding tert-OH is 2. The van der Waals surface area contributed by atoms with Crippen LogP contribution in [-0.4, -0.2) is 54.9 Å². The largest absolute Gasteiger partial charge is 0.389 e. The highest BCUT2D eigenvalue weighted by molar-refractivity contribution is 6.31. The number of hydrogen-bond donors (Lipinski definition) is 4. The first kappa shape index (κ1) is 25.6. The van der Waals surface area contributed by atoms with Crippen LogP contribution in [0.4, 0.5) is 5.82 Å². The smallest absolute Gasteiger partial charge is 0.229 e. The zero-order valence-corrected chi connectivity index (χ0v) is 22.3. The Morgan fingerprint density at radius 2 is 1.97 bits per heavy atom. The number of fused-ring (bicyclic) bond motifs is 2. The number of rotatable bonds is 5. The van der Waals surface area contributed by atoms with Crippen LogP contribution in [0.1, 0.15) is 29.4 Å². The first-order chi connectivity index (χ1) is 18.8. The van der Waals surface area contributed by atoms with Crippen molar-refractivity contribution >= 4 is 46.1 Å². The van der Waals surface area contributed by atoms with Gasteiger partial charge < -0.3 is 25.4 Å². The van der Waals surface area contributed by atoms with Crippen LogP contribution < -0.4 is 10.6 Å². The standard InChI is InChI=1S/C28H24Cl2N6O3/c1-31-27(39)28-12-18(28)22(23(37)24(28)38)36-14-33-21-25(32-13-15-5-4-7-17(29)11-15)34-20(35-26(21)36)10-9-16-6-2-3-8-19(16)30/h2-8,11,14,18,22-24,37-38H,12-13H2,1H3,(H,31,39)(H,32,34,35)/t18?,22-,23?,24+,28-/m1/s1. The molecule has 6 rings (SSSR count). The molecule has 4 N–H and O–H groups in total. The third-order valence-corrected chi connectivity index (χ3v) is 8.16. The van der Waals surface area contributed by atoms with Crippen LogP contribution in [0.3, 0.4) is 0 Å². The molecule has 2 unspecified atom stereocenters. The van der Waals surface area contributed by atoms with E-state index in [0.717, 1.165) is 5.56 Å². The summed E-state index contributed by atoms with van der Waals surface area (Å²) >= 11 is 12.4. The van der Waals surface area contributed by atoms with E-state index >= 15 is 0 Å². The molecule has 5 atom stereocenters. The summed E-state index contributed by atoms with van der Waals surface area (Å²) in [5.41, 5.74) is 1.45. The Morgan fingerprint density at radius 1 is 1.15 bits per heavy atom. The molecule has 0 bridgehead atoms. The van der Waals surface area contributed by atoms with Gasteiger partial charge in [-0.15, -0.1) is 0 Å². The van der Waals surface area contributed by atoms with Crippen molar-refractivity contribution in [2.75, 3.05) is 12.4 Å². The Bertz CT molecular complexity index is 1660. The van der Waals surface area contributed by atoms with Crippen molar-refractivity contribution in [2.24, 2.45) is 11.3 Å². The van der Waals surface area contributed by atoms with Gasteiger partial charge in [0.1, 0.15) is 6.10 Å². The van der Waals surface area contributed by atoms with Crippen LogP contribution in [0.2, 0.25) is 10.0 Å². The SMILES string of the molecule is CNC(=O)[C@]12CC1[C@@H](n1cnc3c(NCc4cccc(Cl)c4)nc(C#Cc4ccccc4Cl)nc31)C(O)[C@@H]2O. The second-order valence-electron chi connectivity index (χ2n) is 9.79. The highest BCUT2D eigenvalue weighted by atomic mass is 35.5. The van der Waals surface area contributed by atoms with E-state index < -0.39 is 23.7 Å². The fourth-order valence-corrected chi connectivity index (χ4v) is 6.01. The summed E-state index contributed by atoms with van der Waals surface area (Å²) in [5, 5.41) is 28.9. The molecule has 2 saturated carbocycles. The molecule has 39 heavy (non-hydrogen) atoms. The van der Waals surface area contributed by atoms with Gasteiger partial charge in [0.05, 0.1) is 28.9 Å². The van der Waals surface area contributed by atoms with Crippen molar-refractivity contribution in [1.29, 1.82) is 0 Å². The lowest BCUT2D eigenvalue weighted by Gasteiger charge is -2.23. The lowest BCUT2D eigenvalue weighted by atomic mass is 9.98. The summed E-state index contributed by atoms with van der Waals surface area (Å²) in [6.07, 6.45) is -0.353. The van der Waals surface area contributed by atoms with E-state index in [4.69, 9.17) is 23.2 Å². The first-order valence-corrected chi connectivity index (χ1v) is 13.2. The number of nitrogens with zero attached hydrogens (tertiary/aromatic N) is 4. The molecule has 198 valence electrons. The number of aromatic nitrogens is 4. The van der Waals surface area contributed by atoms with Gasteiger partial charge in [-0.25, -0.2) is 15.0 Å². The van der Waals surface area contributed by atoms with Crippen molar-refractivity contribution in [1.82, 2.24) is 24.8 Å². The quantitative estimate of drug-likeness (QED) is 0.275. The highest BCUT2D eigenvalue weighted by Crippen LogP contribution is 2.67. The zero-order chi connectivity index (χ0) is 27.3. The molecule has 2 aromatic carbocycles. The van der Waals surface area contributed by atoms with Crippen LogP contribution in [0, 0.1) is 23.2 Å². The minimum atomic E-state index is -1.20. The fourth-order valence-electron chi connectivity index (χ4n) is 5.62. The number of carbonyl (C=O) groups excluding carboxylic acids is 1. The average Bonchev–Trinajstić information content (AvgIpc) is 3.47. The lowest BCUT2D eigenvalue weighted by Crippen LogP contribution is -2.41. The van der Waals surface area contributed by atoms with Gasteiger partial charge in [0.15, 0.2) is 17.0 Å². The number of hydrogen-bond acceptors (Lipinski definition) is 7. The molecule has 2 aliphatic carbocycles. The molecule has 0 radical (unpaired) electrons. The van der Waals surface area contributed by atoms with Gasteiger partial charge in [0.2, 0.25) is 11.7 Å². The van der Waals surface area contributed by atoms with Gasteiger partial charge in [0, 0.05) is 30.1 Å². The topological polar surface area (TPSA) is 125 Å². The zero-order valence-electron chi connectivity index (χ0n) is 20.8. The molecule has 0 saturated heterocycles. The van der Waals surface area contributed by atoms with Crippen LogP contribution in [0.15, 0.2) is 54.9 Å². The summed E-state index contributed by atoms with van der Waals surface area (Å²) in [7, 11) is 1.53. The number of nitrogens with one attached hydrogen (secondary N) is 2. The van der Waals surface area contributed by atoms with Crippen molar-refractivity contribution in [2.45, 2.75) is 31.2 Å². The Hall–Kier alpha value is -3.68. The maximum atomic E-state index is 12.6. The molecular weight excluding hydrogens is 539 g/mol. The van der Waals surface area contributed by atoms with Gasteiger partial charge in [-0.05, 0) is 42.2 Å². The summed E-state index contributed by atoms with van der Waals surface area (Å²) in [6.45, 7) is 0.421.